The molecule has 2 aliphatic rings. The Kier molecular flexibility index (Phi) is 7.67. The molecule has 0 amide bonds. The van der Waals surface area contributed by atoms with Gasteiger partial charge in [-0.15, -0.1) is 0 Å². The van der Waals surface area contributed by atoms with Crippen LogP contribution in [0.15, 0.2) is 54.6 Å². The van der Waals surface area contributed by atoms with Gasteiger partial charge in [-0.25, -0.2) is 13.2 Å². The summed E-state index contributed by atoms with van der Waals surface area (Å²) in [6, 6.07) is 12.0. The number of hydrogen-bond donors (Lipinski definition) is 1. The normalized spacial score (nSPS) is 16.9. The molecule has 0 aromatic heterocycles. The zero-order valence-electron chi connectivity index (χ0n) is 22.9. The topological polar surface area (TPSA) is 55.8 Å². The Bertz CT molecular complexity index is 1470. The molecular weight excluding hydrogens is 517 g/mol. The summed E-state index contributed by atoms with van der Waals surface area (Å²) in [5.41, 5.74) is 2.63. The largest absolute Gasteiger partial charge is 0.497 e. The van der Waals surface area contributed by atoms with E-state index in [0.29, 0.717) is 22.4 Å². The molecule has 1 atom stereocenters. The number of benzene rings is 3. The van der Waals surface area contributed by atoms with E-state index in [0.717, 1.165) is 31.3 Å². The Morgan fingerprint density at radius 2 is 1.80 bits per heavy atom. The van der Waals surface area contributed by atoms with Crippen LogP contribution in [0.4, 0.5) is 13.2 Å². The molecule has 1 fully saturated rings. The second kappa shape index (κ2) is 11.0. The number of hydrogen-bond acceptors (Lipinski definition) is 3. The minimum absolute atomic E-state index is 0.0576. The number of aliphatic carboxylic acids is 1. The fourth-order valence-corrected chi connectivity index (χ4v) is 5.77. The molecule has 40 heavy (non-hydrogen) atoms. The van der Waals surface area contributed by atoms with Crippen molar-refractivity contribution < 1.29 is 32.5 Å². The van der Waals surface area contributed by atoms with Crippen LogP contribution in [0.25, 0.3) is 16.7 Å². The highest BCUT2D eigenvalue weighted by Crippen LogP contribution is 2.48. The van der Waals surface area contributed by atoms with Gasteiger partial charge in [0, 0.05) is 17.0 Å². The number of ether oxygens (including phenoxy) is 2. The second-order valence-corrected chi connectivity index (χ2v) is 11.4. The van der Waals surface area contributed by atoms with Gasteiger partial charge >= 0.3 is 5.97 Å². The summed E-state index contributed by atoms with van der Waals surface area (Å²) < 4.78 is 57.2. The molecule has 0 spiro atoms. The summed E-state index contributed by atoms with van der Waals surface area (Å²) in [7, 11) is 1.49. The Morgan fingerprint density at radius 1 is 1.02 bits per heavy atom. The van der Waals surface area contributed by atoms with Gasteiger partial charge in [-0.3, -0.25) is 4.79 Å². The van der Waals surface area contributed by atoms with Gasteiger partial charge < -0.3 is 14.6 Å². The molecule has 3 aromatic carbocycles. The summed E-state index contributed by atoms with van der Waals surface area (Å²) >= 11 is 0. The lowest BCUT2D eigenvalue weighted by molar-refractivity contribution is -0.137. The lowest BCUT2D eigenvalue weighted by atomic mass is 9.79. The standard InChI is InChI=1S/C33H33F3O4/c1-33(2)13-5-7-27(33)25-14-20(29(35)16-24(25)26-15-21(39-3)11-12-28(26)34)18-40-30-8-4-6-22(32(30)36)23(17-31(37)38)19-9-10-19/h4,6-8,11-12,14-16,19,23H,5,9-10,13,17-18H2,1-3H3,(H,37,38)/t23-/m1/s1. The van der Waals surface area contributed by atoms with Crippen LogP contribution in [-0.4, -0.2) is 18.2 Å². The predicted molar refractivity (Wildman–Crippen MR) is 148 cm³/mol. The van der Waals surface area contributed by atoms with E-state index in [9.17, 15) is 9.90 Å². The zero-order valence-corrected chi connectivity index (χ0v) is 22.9. The van der Waals surface area contributed by atoms with Gasteiger partial charge in [-0.1, -0.05) is 32.1 Å². The molecule has 7 heteroatoms. The van der Waals surface area contributed by atoms with E-state index in [1.54, 1.807) is 24.3 Å². The highest BCUT2D eigenvalue weighted by atomic mass is 19.1. The van der Waals surface area contributed by atoms with Crippen LogP contribution in [-0.2, 0) is 11.4 Å². The van der Waals surface area contributed by atoms with Crippen molar-refractivity contribution in [2.24, 2.45) is 11.3 Å². The van der Waals surface area contributed by atoms with Crippen molar-refractivity contribution in [3.63, 3.8) is 0 Å². The van der Waals surface area contributed by atoms with Crippen molar-refractivity contribution in [1.82, 2.24) is 0 Å². The molecule has 0 saturated heterocycles. The van der Waals surface area contributed by atoms with Gasteiger partial charge in [0.05, 0.1) is 13.5 Å². The number of carboxylic acid groups (broad SMARTS) is 1. The van der Waals surface area contributed by atoms with E-state index < -0.39 is 29.3 Å². The van der Waals surface area contributed by atoms with Gasteiger partial charge in [-0.2, -0.15) is 0 Å². The number of halogens is 3. The minimum Gasteiger partial charge on any atom is -0.497 e. The van der Waals surface area contributed by atoms with E-state index in [2.05, 4.69) is 19.9 Å². The van der Waals surface area contributed by atoms with Gasteiger partial charge in [0.15, 0.2) is 11.6 Å². The maximum atomic E-state index is 15.6. The van der Waals surface area contributed by atoms with Crippen LogP contribution in [0.1, 0.15) is 68.6 Å². The summed E-state index contributed by atoms with van der Waals surface area (Å²) in [6.45, 7) is 3.96. The highest BCUT2D eigenvalue weighted by Gasteiger charge is 2.36. The third kappa shape index (κ3) is 5.60. The lowest BCUT2D eigenvalue weighted by Gasteiger charge is -2.26. The smallest absolute Gasteiger partial charge is 0.303 e. The Hall–Kier alpha value is -3.74. The number of rotatable bonds is 10. The van der Waals surface area contributed by atoms with Gasteiger partial charge in [0.25, 0.3) is 0 Å². The molecule has 0 radical (unpaired) electrons. The Labute approximate surface area is 232 Å². The molecule has 2 aliphatic carbocycles. The van der Waals surface area contributed by atoms with Crippen molar-refractivity contribution in [2.75, 3.05) is 7.11 Å². The van der Waals surface area contributed by atoms with Gasteiger partial charge in [0.2, 0.25) is 0 Å². The quantitative estimate of drug-likeness (QED) is 0.275. The molecule has 3 aromatic rings. The first-order valence-electron chi connectivity index (χ1n) is 13.6. The second-order valence-electron chi connectivity index (χ2n) is 11.4. The predicted octanol–water partition coefficient (Wildman–Crippen LogP) is 8.53. The highest BCUT2D eigenvalue weighted by molar-refractivity contribution is 5.85. The molecule has 4 nitrogen and oxygen atoms in total. The van der Waals surface area contributed by atoms with E-state index in [4.69, 9.17) is 9.47 Å². The summed E-state index contributed by atoms with van der Waals surface area (Å²) in [4.78, 5) is 11.4. The maximum Gasteiger partial charge on any atom is 0.303 e. The third-order valence-electron chi connectivity index (χ3n) is 8.15. The van der Waals surface area contributed by atoms with Crippen LogP contribution >= 0.6 is 0 Å². The SMILES string of the molecule is COc1ccc(F)c(-c2cc(F)c(COc3cccc([C@H](CC(=O)O)C4CC4)c3F)cc2C2=CCCC2(C)C)c1. The zero-order chi connectivity index (χ0) is 28.6. The van der Waals surface area contributed by atoms with Crippen molar-refractivity contribution in [1.29, 1.82) is 0 Å². The fraction of sp³-hybridized carbons (Fsp3) is 0.364. The van der Waals surface area contributed by atoms with Crippen LogP contribution in [0.3, 0.4) is 0 Å². The van der Waals surface area contributed by atoms with Gasteiger partial charge in [-0.05, 0) is 95.7 Å². The maximum absolute atomic E-state index is 15.6. The minimum atomic E-state index is -0.978. The number of carbonyl (C=O) groups is 1. The molecule has 1 N–H and O–H groups in total. The summed E-state index contributed by atoms with van der Waals surface area (Å²) in [5, 5.41) is 9.34. The number of methoxy groups -OCH3 is 1. The van der Waals surface area contributed by atoms with Crippen molar-refractivity contribution >= 4 is 11.5 Å². The number of allylic oxidation sites excluding steroid dienone is 2. The van der Waals surface area contributed by atoms with Crippen molar-refractivity contribution in [3.8, 4) is 22.6 Å². The first kappa shape index (κ1) is 27.8. The van der Waals surface area contributed by atoms with Crippen molar-refractivity contribution in [2.45, 2.75) is 58.5 Å². The molecule has 0 unspecified atom stereocenters. The molecule has 1 saturated carbocycles. The van der Waals surface area contributed by atoms with Gasteiger partial charge in [0.1, 0.15) is 24.0 Å². The van der Waals surface area contributed by atoms with Crippen LogP contribution in [0.5, 0.6) is 11.5 Å². The average Bonchev–Trinajstić information content (AvgIpc) is 3.70. The fourth-order valence-electron chi connectivity index (χ4n) is 5.77. The first-order valence-corrected chi connectivity index (χ1v) is 13.6. The molecule has 0 heterocycles. The van der Waals surface area contributed by atoms with E-state index in [-0.39, 0.29) is 41.2 Å². The Morgan fingerprint density at radius 3 is 2.45 bits per heavy atom. The van der Waals surface area contributed by atoms with Crippen LogP contribution < -0.4 is 9.47 Å². The van der Waals surface area contributed by atoms with Crippen LogP contribution in [0, 0.1) is 28.8 Å². The Balaban J connectivity index is 1.51. The molecule has 0 aliphatic heterocycles. The van der Waals surface area contributed by atoms with Crippen LogP contribution in [0.2, 0.25) is 0 Å². The monoisotopic (exact) mass is 550 g/mol. The first-order chi connectivity index (χ1) is 19.1. The molecular formula is C33H33F3O4. The molecule has 5 rings (SSSR count). The van der Waals surface area contributed by atoms with E-state index >= 15 is 13.2 Å². The summed E-state index contributed by atoms with van der Waals surface area (Å²) in [6.07, 6.45) is 5.43. The van der Waals surface area contributed by atoms with Crippen molar-refractivity contribution in [3.05, 3.63) is 88.7 Å². The summed E-state index contributed by atoms with van der Waals surface area (Å²) in [5.74, 6) is -2.59. The molecule has 0 bridgehead atoms. The van der Waals surface area contributed by atoms with E-state index in [1.165, 1.54) is 31.4 Å². The molecule has 210 valence electrons. The van der Waals surface area contributed by atoms with E-state index in [1.807, 2.05) is 0 Å². The third-order valence-corrected chi connectivity index (χ3v) is 8.15. The lowest BCUT2D eigenvalue weighted by Crippen LogP contribution is -2.12. The number of carboxylic acids is 1. The average molecular weight is 551 g/mol.